The fourth-order valence-corrected chi connectivity index (χ4v) is 5.24. The number of carbonyl (C=O) groups is 2. The van der Waals surface area contributed by atoms with E-state index in [1.54, 1.807) is 0 Å². The molecule has 1 heterocycles. The number of nitrogens with zero attached hydrogens (tertiary/aromatic N) is 1. The lowest BCUT2D eigenvalue weighted by atomic mass is 9.80. The van der Waals surface area contributed by atoms with E-state index < -0.39 is 11.6 Å². The van der Waals surface area contributed by atoms with Crippen molar-refractivity contribution >= 4 is 11.9 Å². The van der Waals surface area contributed by atoms with Crippen molar-refractivity contribution in [2.24, 2.45) is 5.92 Å². The maximum atomic E-state index is 13.3. The molecule has 0 bridgehead atoms. The molecule has 1 aliphatic carbocycles. The van der Waals surface area contributed by atoms with Gasteiger partial charge in [-0.1, -0.05) is 69.4 Å². The van der Waals surface area contributed by atoms with E-state index in [-0.39, 0.29) is 24.5 Å². The highest BCUT2D eigenvalue weighted by Crippen LogP contribution is 2.42. The van der Waals surface area contributed by atoms with E-state index in [1.807, 2.05) is 37.4 Å². The highest BCUT2D eigenvalue weighted by Gasteiger charge is 2.50. The fourth-order valence-electron chi connectivity index (χ4n) is 5.24. The molecule has 6 nitrogen and oxygen atoms in total. The molecule has 2 fully saturated rings. The smallest absolute Gasteiger partial charge is 0.361 e. The van der Waals surface area contributed by atoms with Crippen LogP contribution in [0.25, 0.3) is 0 Å². The van der Waals surface area contributed by atoms with Gasteiger partial charge >= 0.3 is 11.9 Å². The van der Waals surface area contributed by atoms with Crippen molar-refractivity contribution in [2.45, 2.75) is 76.4 Å². The molecule has 2 aliphatic rings. The van der Waals surface area contributed by atoms with E-state index in [9.17, 15) is 14.7 Å². The molecule has 3 rings (SSSR count). The first-order valence-electron chi connectivity index (χ1n) is 12.4. The van der Waals surface area contributed by atoms with Gasteiger partial charge in [0.1, 0.15) is 6.54 Å². The van der Waals surface area contributed by atoms with Crippen LogP contribution in [0.15, 0.2) is 30.3 Å². The summed E-state index contributed by atoms with van der Waals surface area (Å²) >= 11 is 0. The Kier molecular flexibility index (Phi) is 8.72. The average Bonchev–Trinajstić information content (AvgIpc) is 3.44. The minimum absolute atomic E-state index is 0.123. The van der Waals surface area contributed by atoms with Crippen molar-refractivity contribution in [2.75, 3.05) is 33.3 Å². The Morgan fingerprint density at radius 3 is 2.50 bits per heavy atom. The van der Waals surface area contributed by atoms with Gasteiger partial charge in [0.25, 0.3) is 0 Å². The van der Waals surface area contributed by atoms with Crippen molar-refractivity contribution in [1.82, 2.24) is 0 Å². The van der Waals surface area contributed by atoms with E-state index >= 15 is 0 Å². The van der Waals surface area contributed by atoms with Crippen LogP contribution in [0.3, 0.4) is 0 Å². The van der Waals surface area contributed by atoms with Crippen LogP contribution in [0.4, 0.5) is 0 Å². The molecule has 1 aromatic rings. The zero-order valence-corrected chi connectivity index (χ0v) is 19.8. The highest BCUT2D eigenvalue weighted by atomic mass is 16.6. The SMILES string of the molecule is CCCCCCOC(=O)C[N@+]1(C)CC[C@H](OC(=O)[C@](O)(c2ccccc2)C2CCCC2)C1. The molecule has 32 heavy (non-hydrogen) atoms. The summed E-state index contributed by atoms with van der Waals surface area (Å²) in [6.07, 6.45) is 8.37. The summed E-state index contributed by atoms with van der Waals surface area (Å²) in [5.74, 6) is -0.863. The van der Waals surface area contributed by atoms with Gasteiger partial charge < -0.3 is 19.1 Å². The van der Waals surface area contributed by atoms with Crippen LogP contribution in [0.1, 0.15) is 70.3 Å². The number of benzene rings is 1. The van der Waals surface area contributed by atoms with Gasteiger partial charge in [0.15, 0.2) is 18.2 Å². The summed E-state index contributed by atoms with van der Waals surface area (Å²) in [5, 5.41) is 11.6. The number of rotatable bonds is 11. The molecule has 178 valence electrons. The van der Waals surface area contributed by atoms with Gasteiger partial charge in [-0.3, -0.25) is 0 Å². The Labute approximate surface area is 192 Å². The van der Waals surface area contributed by atoms with Gasteiger partial charge in [-0.15, -0.1) is 0 Å². The Bertz CT molecular complexity index is 748. The number of carbonyl (C=O) groups excluding carboxylic acids is 2. The molecule has 1 aromatic carbocycles. The van der Waals surface area contributed by atoms with Crippen molar-refractivity contribution in [1.29, 1.82) is 0 Å². The summed E-state index contributed by atoms with van der Waals surface area (Å²) in [7, 11) is 2.01. The molecular formula is C26H40NO5+. The Hall–Kier alpha value is -1.92. The van der Waals surface area contributed by atoms with Gasteiger partial charge in [0.05, 0.1) is 20.2 Å². The Morgan fingerprint density at radius 2 is 1.81 bits per heavy atom. The predicted octanol–water partition coefficient (Wildman–Crippen LogP) is 3.95. The molecule has 0 spiro atoms. The van der Waals surface area contributed by atoms with Crippen molar-refractivity contribution in [3.05, 3.63) is 35.9 Å². The Balaban J connectivity index is 1.56. The largest absolute Gasteiger partial charge is 0.462 e. The number of likely N-dealkylation sites (tertiary alicyclic amines) is 1. The van der Waals surface area contributed by atoms with Gasteiger partial charge in [0.2, 0.25) is 0 Å². The minimum atomic E-state index is -1.61. The van der Waals surface area contributed by atoms with E-state index in [4.69, 9.17) is 9.47 Å². The van der Waals surface area contributed by atoms with Crippen molar-refractivity contribution in [3.8, 4) is 0 Å². The van der Waals surface area contributed by atoms with Crippen LogP contribution in [0.5, 0.6) is 0 Å². The molecule has 0 amide bonds. The summed E-state index contributed by atoms with van der Waals surface area (Å²) in [5.41, 5.74) is -1.000. The zero-order chi connectivity index (χ0) is 23.0. The van der Waals surface area contributed by atoms with E-state index in [0.717, 1.165) is 57.9 Å². The van der Waals surface area contributed by atoms with Crippen LogP contribution in [0.2, 0.25) is 0 Å². The molecule has 6 heteroatoms. The number of hydrogen-bond acceptors (Lipinski definition) is 5. The highest BCUT2D eigenvalue weighted by molar-refractivity contribution is 5.81. The van der Waals surface area contributed by atoms with Crippen LogP contribution in [-0.4, -0.2) is 60.9 Å². The zero-order valence-electron chi connectivity index (χ0n) is 19.8. The second kappa shape index (κ2) is 11.3. The predicted molar refractivity (Wildman–Crippen MR) is 123 cm³/mol. The molecule has 3 atom stereocenters. The van der Waals surface area contributed by atoms with Crippen LogP contribution >= 0.6 is 0 Å². The standard InChI is InChI=1S/C26H40NO5/c1-3-4-5-11-18-31-24(28)20-27(2)17-16-23(19-27)32-25(29)26(30,22-14-9-10-15-22)21-12-7-6-8-13-21/h6-8,12-13,22-23,30H,3-5,9-11,14-20H2,1-2H3/q+1/t23-,26-,27+/m0/s1. The topological polar surface area (TPSA) is 72.8 Å². The minimum Gasteiger partial charge on any atom is -0.462 e. The second-order valence-electron chi connectivity index (χ2n) is 9.89. The third kappa shape index (κ3) is 6.10. The number of quaternary nitrogens is 1. The Morgan fingerprint density at radius 1 is 1.09 bits per heavy atom. The van der Waals surface area contributed by atoms with E-state index in [1.165, 1.54) is 0 Å². The summed E-state index contributed by atoms with van der Waals surface area (Å²) in [4.78, 5) is 25.6. The summed E-state index contributed by atoms with van der Waals surface area (Å²) in [6.45, 7) is 4.22. The maximum Gasteiger partial charge on any atom is 0.361 e. The second-order valence-corrected chi connectivity index (χ2v) is 9.89. The van der Waals surface area contributed by atoms with E-state index in [2.05, 4.69) is 6.92 Å². The number of hydrogen-bond donors (Lipinski definition) is 1. The number of aliphatic hydroxyl groups is 1. The third-order valence-corrected chi connectivity index (χ3v) is 7.15. The molecule has 0 unspecified atom stereocenters. The van der Waals surface area contributed by atoms with Gasteiger partial charge in [-0.05, 0) is 24.8 Å². The lowest BCUT2D eigenvalue weighted by molar-refractivity contribution is -0.891. The number of likely N-dealkylation sites (N-methyl/N-ethyl adjacent to an activating group) is 1. The van der Waals surface area contributed by atoms with Crippen LogP contribution in [-0.2, 0) is 24.7 Å². The molecule has 1 saturated carbocycles. The van der Waals surface area contributed by atoms with Crippen molar-refractivity contribution in [3.63, 3.8) is 0 Å². The lowest BCUT2D eigenvalue weighted by Crippen LogP contribution is -2.48. The first kappa shape index (κ1) is 24.7. The van der Waals surface area contributed by atoms with E-state index in [0.29, 0.717) is 29.6 Å². The van der Waals surface area contributed by atoms with Gasteiger partial charge in [-0.2, -0.15) is 0 Å². The van der Waals surface area contributed by atoms with Gasteiger partial charge in [-0.25, -0.2) is 9.59 Å². The molecule has 1 saturated heterocycles. The number of unbranched alkanes of at least 4 members (excludes halogenated alkanes) is 3. The first-order chi connectivity index (χ1) is 15.4. The van der Waals surface area contributed by atoms with Crippen molar-refractivity contribution < 1.29 is 28.7 Å². The van der Waals surface area contributed by atoms with Gasteiger partial charge in [0, 0.05) is 12.3 Å². The molecule has 0 radical (unpaired) electrons. The quantitative estimate of drug-likeness (QED) is 0.317. The maximum absolute atomic E-state index is 13.3. The first-order valence-corrected chi connectivity index (χ1v) is 12.4. The number of esters is 2. The average molecular weight is 447 g/mol. The fraction of sp³-hybridized carbons (Fsp3) is 0.692. The molecule has 1 N–H and O–H groups in total. The lowest BCUT2D eigenvalue weighted by Gasteiger charge is -2.33. The van der Waals surface area contributed by atoms with Crippen LogP contribution < -0.4 is 0 Å². The monoisotopic (exact) mass is 446 g/mol. The third-order valence-electron chi connectivity index (χ3n) is 7.15. The molecule has 1 aliphatic heterocycles. The summed E-state index contributed by atoms with van der Waals surface area (Å²) in [6, 6.07) is 9.20. The molecule has 0 aromatic heterocycles. The normalized spacial score (nSPS) is 25.4. The number of ether oxygens (including phenoxy) is 2. The molecular weight excluding hydrogens is 406 g/mol. The summed E-state index contributed by atoms with van der Waals surface area (Å²) < 4.78 is 11.8. The van der Waals surface area contributed by atoms with Crippen LogP contribution in [0, 0.1) is 5.92 Å².